The molecule has 1 fully saturated rings. The molecule has 0 amide bonds. The minimum Gasteiger partial charge on any atom is -0.462 e. The summed E-state index contributed by atoms with van der Waals surface area (Å²) in [5, 5.41) is 0. The van der Waals surface area contributed by atoms with Crippen LogP contribution >= 0.6 is 0 Å². The van der Waals surface area contributed by atoms with Crippen LogP contribution in [0.1, 0.15) is 47.0 Å². The quantitative estimate of drug-likeness (QED) is 0.637. The largest absolute Gasteiger partial charge is 0.462 e. The smallest absolute Gasteiger partial charge is 0.302 e. The Morgan fingerprint density at radius 3 is 2.50 bits per heavy atom. The summed E-state index contributed by atoms with van der Waals surface area (Å²) in [7, 11) is 0. The van der Waals surface area contributed by atoms with Gasteiger partial charge in [0, 0.05) is 6.92 Å². The van der Waals surface area contributed by atoms with E-state index in [0.29, 0.717) is 17.8 Å². The zero-order chi connectivity index (χ0) is 10.7. The second kappa shape index (κ2) is 4.81. The minimum absolute atomic E-state index is 0.130. The van der Waals surface area contributed by atoms with Crippen LogP contribution in [0, 0.1) is 17.8 Å². The summed E-state index contributed by atoms with van der Waals surface area (Å²) in [5.41, 5.74) is 0. The van der Waals surface area contributed by atoms with Crippen molar-refractivity contribution >= 4 is 5.97 Å². The van der Waals surface area contributed by atoms with Crippen molar-refractivity contribution in [3.63, 3.8) is 0 Å². The van der Waals surface area contributed by atoms with E-state index in [1.807, 2.05) is 0 Å². The molecule has 0 aromatic carbocycles. The molecule has 82 valence electrons. The number of hydrogen-bond donors (Lipinski definition) is 0. The summed E-state index contributed by atoms with van der Waals surface area (Å²) in [6, 6.07) is 0. The molecule has 0 unspecified atom stereocenters. The lowest BCUT2D eigenvalue weighted by molar-refractivity contribution is -0.153. The first-order valence-electron chi connectivity index (χ1n) is 5.68. The molecule has 1 rings (SSSR count). The average molecular weight is 198 g/mol. The lowest BCUT2D eigenvalue weighted by Crippen LogP contribution is -2.35. The van der Waals surface area contributed by atoms with Crippen LogP contribution in [-0.2, 0) is 9.53 Å². The van der Waals surface area contributed by atoms with Crippen molar-refractivity contribution in [3.8, 4) is 0 Å². The first-order chi connectivity index (χ1) is 6.50. The number of hydrogen-bond acceptors (Lipinski definition) is 2. The Hall–Kier alpha value is -0.530. The number of ether oxygens (including phenoxy) is 1. The van der Waals surface area contributed by atoms with Gasteiger partial charge >= 0.3 is 5.97 Å². The van der Waals surface area contributed by atoms with Crippen molar-refractivity contribution in [2.24, 2.45) is 17.8 Å². The molecule has 14 heavy (non-hydrogen) atoms. The van der Waals surface area contributed by atoms with Crippen molar-refractivity contribution in [2.45, 2.75) is 53.1 Å². The third-order valence-corrected chi connectivity index (χ3v) is 3.28. The molecule has 1 aliphatic carbocycles. The van der Waals surface area contributed by atoms with E-state index in [2.05, 4.69) is 20.8 Å². The van der Waals surface area contributed by atoms with Crippen molar-refractivity contribution in [3.05, 3.63) is 0 Å². The van der Waals surface area contributed by atoms with E-state index in [9.17, 15) is 4.79 Å². The van der Waals surface area contributed by atoms with Crippen LogP contribution in [0.15, 0.2) is 0 Å². The second-order valence-electron chi connectivity index (χ2n) is 4.97. The van der Waals surface area contributed by atoms with Crippen molar-refractivity contribution < 1.29 is 9.53 Å². The number of esters is 1. The molecule has 0 radical (unpaired) electrons. The van der Waals surface area contributed by atoms with Gasteiger partial charge in [-0.3, -0.25) is 4.79 Å². The monoisotopic (exact) mass is 198 g/mol. The summed E-state index contributed by atoms with van der Waals surface area (Å²) in [4.78, 5) is 11.0. The van der Waals surface area contributed by atoms with Gasteiger partial charge in [0.25, 0.3) is 0 Å². The van der Waals surface area contributed by atoms with Gasteiger partial charge in [-0.05, 0) is 30.6 Å². The summed E-state index contributed by atoms with van der Waals surface area (Å²) in [6.45, 7) is 8.19. The minimum atomic E-state index is -0.130. The average Bonchev–Trinajstić information content (AvgIpc) is 2.01. The molecule has 0 saturated heterocycles. The standard InChI is InChI=1S/C12H22O2/c1-8(2)11-6-5-9(3)7-12(11)14-10(4)13/h8-9,11-12H,5-7H2,1-4H3/t9-,11-,12-/m0/s1. The van der Waals surface area contributed by atoms with E-state index in [4.69, 9.17) is 4.74 Å². The summed E-state index contributed by atoms with van der Waals surface area (Å²) >= 11 is 0. The Labute approximate surface area is 87.0 Å². The second-order valence-corrected chi connectivity index (χ2v) is 4.97. The van der Waals surface area contributed by atoms with E-state index in [1.54, 1.807) is 0 Å². The van der Waals surface area contributed by atoms with Gasteiger partial charge in [0.15, 0.2) is 0 Å². The third kappa shape index (κ3) is 3.00. The number of carbonyl (C=O) groups excluding carboxylic acids is 1. The fourth-order valence-corrected chi connectivity index (χ4v) is 2.46. The van der Waals surface area contributed by atoms with Gasteiger partial charge in [-0.25, -0.2) is 0 Å². The molecule has 0 aromatic heterocycles. The summed E-state index contributed by atoms with van der Waals surface area (Å²) in [5.74, 6) is 1.76. The first kappa shape index (κ1) is 11.5. The molecular weight excluding hydrogens is 176 g/mol. The van der Waals surface area contributed by atoms with Gasteiger partial charge in [0.1, 0.15) is 6.10 Å². The predicted molar refractivity (Wildman–Crippen MR) is 56.9 cm³/mol. The predicted octanol–water partition coefficient (Wildman–Crippen LogP) is 3.01. The molecule has 0 spiro atoms. The van der Waals surface area contributed by atoms with Crippen LogP contribution in [0.2, 0.25) is 0 Å². The van der Waals surface area contributed by atoms with Crippen LogP contribution in [-0.4, -0.2) is 12.1 Å². The zero-order valence-electron chi connectivity index (χ0n) is 9.75. The number of carbonyl (C=O) groups is 1. The Morgan fingerprint density at radius 1 is 1.36 bits per heavy atom. The lowest BCUT2D eigenvalue weighted by Gasteiger charge is -2.36. The Kier molecular flexibility index (Phi) is 3.97. The fraction of sp³-hybridized carbons (Fsp3) is 0.917. The van der Waals surface area contributed by atoms with E-state index in [-0.39, 0.29) is 12.1 Å². The van der Waals surface area contributed by atoms with Crippen LogP contribution in [0.3, 0.4) is 0 Å². The van der Waals surface area contributed by atoms with Gasteiger partial charge in [0.2, 0.25) is 0 Å². The van der Waals surface area contributed by atoms with Gasteiger partial charge in [-0.15, -0.1) is 0 Å². The zero-order valence-corrected chi connectivity index (χ0v) is 9.75. The molecule has 0 aliphatic heterocycles. The van der Waals surface area contributed by atoms with Crippen molar-refractivity contribution in [1.29, 1.82) is 0 Å². The molecule has 0 N–H and O–H groups in total. The normalized spacial score (nSPS) is 33.1. The van der Waals surface area contributed by atoms with Gasteiger partial charge < -0.3 is 4.74 Å². The molecule has 1 aliphatic rings. The molecule has 0 heterocycles. The molecular formula is C12H22O2. The highest BCUT2D eigenvalue weighted by Gasteiger charge is 2.32. The van der Waals surface area contributed by atoms with E-state index < -0.39 is 0 Å². The highest BCUT2D eigenvalue weighted by atomic mass is 16.5. The molecule has 0 bridgehead atoms. The number of rotatable bonds is 2. The van der Waals surface area contributed by atoms with Crippen LogP contribution < -0.4 is 0 Å². The summed E-state index contributed by atoms with van der Waals surface area (Å²) in [6.07, 6.45) is 3.69. The Morgan fingerprint density at radius 2 is 2.00 bits per heavy atom. The molecule has 0 aromatic rings. The van der Waals surface area contributed by atoms with E-state index >= 15 is 0 Å². The van der Waals surface area contributed by atoms with E-state index in [1.165, 1.54) is 19.8 Å². The Bertz CT molecular complexity index is 198. The summed E-state index contributed by atoms with van der Waals surface area (Å²) < 4.78 is 5.40. The lowest BCUT2D eigenvalue weighted by atomic mass is 9.75. The van der Waals surface area contributed by atoms with Crippen LogP contribution in [0.25, 0.3) is 0 Å². The SMILES string of the molecule is CC(=O)O[C@H]1C[C@@H](C)CC[C@H]1C(C)C. The molecule has 3 atom stereocenters. The maximum atomic E-state index is 11.0. The topological polar surface area (TPSA) is 26.3 Å². The molecule has 2 nitrogen and oxygen atoms in total. The van der Waals surface area contributed by atoms with Crippen molar-refractivity contribution in [2.75, 3.05) is 0 Å². The van der Waals surface area contributed by atoms with Gasteiger partial charge in [0.05, 0.1) is 0 Å². The highest BCUT2D eigenvalue weighted by Crippen LogP contribution is 2.35. The molecule has 2 heteroatoms. The third-order valence-electron chi connectivity index (χ3n) is 3.28. The maximum Gasteiger partial charge on any atom is 0.302 e. The van der Waals surface area contributed by atoms with Crippen molar-refractivity contribution in [1.82, 2.24) is 0 Å². The first-order valence-corrected chi connectivity index (χ1v) is 5.68. The van der Waals surface area contributed by atoms with E-state index in [0.717, 1.165) is 6.42 Å². The molecule has 1 saturated carbocycles. The van der Waals surface area contributed by atoms with Crippen LogP contribution in [0.5, 0.6) is 0 Å². The van der Waals surface area contributed by atoms with Gasteiger partial charge in [-0.1, -0.05) is 27.2 Å². The fourth-order valence-electron chi connectivity index (χ4n) is 2.46. The highest BCUT2D eigenvalue weighted by molar-refractivity contribution is 5.66. The van der Waals surface area contributed by atoms with Crippen LogP contribution in [0.4, 0.5) is 0 Å². The Balaban J connectivity index is 2.58. The van der Waals surface area contributed by atoms with Gasteiger partial charge in [-0.2, -0.15) is 0 Å². The maximum absolute atomic E-state index is 11.0.